The minimum absolute atomic E-state index is 0.0374. The van der Waals surface area contributed by atoms with E-state index in [2.05, 4.69) is 22.6 Å². The SMILES string of the molecule is Cc1ccc(/C(CC(Nc2ccc(Cl)cc2)c2ccccc2)=N\O)cc1. The molecule has 0 aliphatic rings. The Hall–Kier alpha value is -2.78. The van der Waals surface area contributed by atoms with E-state index < -0.39 is 0 Å². The van der Waals surface area contributed by atoms with Crippen molar-refractivity contribution in [1.82, 2.24) is 0 Å². The van der Waals surface area contributed by atoms with Crippen LogP contribution in [-0.2, 0) is 0 Å². The number of anilines is 1. The summed E-state index contributed by atoms with van der Waals surface area (Å²) in [7, 11) is 0. The highest BCUT2D eigenvalue weighted by atomic mass is 35.5. The van der Waals surface area contributed by atoms with E-state index >= 15 is 0 Å². The van der Waals surface area contributed by atoms with Crippen molar-refractivity contribution in [1.29, 1.82) is 0 Å². The van der Waals surface area contributed by atoms with Gasteiger partial charge >= 0.3 is 0 Å². The van der Waals surface area contributed by atoms with Crippen LogP contribution in [0.2, 0.25) is 5.02 Å². The van der Waals surface area contributed by atoms with Crippen molar-refractivity contribution < 1.29 is 5.21 Å². The Morgan fingerprint density at radius 2 is 1.62 bits per heavy atom. The molecule has 132 valence electrons. The number of halogens is 1. The normalized spacial score (nSPS) is 12.6. The van der Waals surface area contributed by atoms with Crippen molar-refractivity contribution in [2.75, 3.05) is 5.32 Å². The molecule has 0 fully saturated rings. The third kappa shape index (κ3) is 4.64. The number of oxime groups is 1. The predicted octanol–water partition coefficient (Wildman–Crippen LogP) is 6.07. The van der Waals surface area contributed by atoms with E-state index in [1.54, 1.807) is 0 Å². The van der Waals surface area contributed by atoms with Gasteiger partial charge in [-0.05, 0) is 42.3 Å². The maximum absolute atomic E-state index is 9.59. The van der Waals surface area contributed by atoms with Crippen molar-refractivity contribution in [3.63, 3.8) is 0 Å². The second-order valence-corrected chi connectivity index (χ2v) is 6.67. The fourth-order valence-electron chi connectivity index (χ4n) is 2.84. The third-order valence-corrected chi connectivity index (χ3v) is 4.54. The molecular weight excluding hydrogens is 344 g/mol. The van der Waals surface area contributed by atoms with Crippen LogP contribution in [0.4, 0.5) is 5.69 Å². The van der Waals surface area contributed by atoms with Gasteiger partial charge in [0.15, 0.2) is 0 Å². The van der Waals surface area contributed by atoms with E-state index in [1.807, 2.05) is 73.7 Å². The van der Waals surface area contributed by atoms with Crippen LogP contribution in [-0.4, -0.2) is 10.9 Å². The molecule has 0 saturated carbocycles. The van der Waals surface area contributed by atoms with E-state index in [-0.39, 0.29) is 6.04 Å². The lowest BCUT2D eigenvalue weighted by atomic mass is 9.96. The molecule has 0 saturated heterocycles. The van der Waals surface area contributed by atoms with E-state index in [0.29, 0.717) is 17.2 Å². The molecule has 2 N–H and O–H groups in total. The Labute approximate surface area is 159 Å². The first kappa shape index (κ1) is 18.0. The number of hydrogen-bond acceptors (Lipinski definition) is 3. The highest BCUT2D eigenvalue weighted by Gasteiger charge is 2.16. The van der Waals surface area contributed by atoms with Crippen molar-refractivity contribution in [3.05, 3.63) is 101 Å². The van der Waals surface area contributed by atoms with Crippen LogP contribution >= 0.6 is 11.6 Å². The molecule has 0 heterocycles. The number of nitrogens with zero attached hydrogens (tertiary/aromatic N) is 1. The molecule has 0 amide bonds. The van der Waals surface area contributed by atoms with Gasteiger partial charge in [-0.1, -0.05) is 76.9 Å². The van der Waals surface area contributed by atoms with Gasteiger partial charge < -0.3 is 10.5 Å². The predicted molar refractivity (Wildman–Crippen MR) is 108 cm³/mol. The molecule has 26 heavy (non-hydrogen) atoms. The van der Waals surface area contributed by atoms with E-state index in [4.69, 9.17) is 11.6 Å². The molecule has 1 atom stereocenters. The maximum atomic E-state index is 9.59. The molecule has 0 radical (unpaired) electrons. The molecule has 3 rings (SSSR count). The van der Waals surface area contributed by atoms with Crippen molar-refractivity contribution in [2.45, 2.75) is 19.4 Å². The Bertz CT molecular complexity index is 859. The summed E-state index contributed by atoms with van der Waals surface area (Å²) in [5, 5.41) is 17.4. The Morgan fingerprint density at radius 1 is 0.962 bits per heavy atom. The van der Waals surface area contributed by atoms with Crippen LogP contribution < -0.4 is 5.32 Å². The Morgan fingerprint density at radius 3 is 2.23 bits per heavy atom. The molecule has 3 aromatic rings. The average Bonchev–Trinajstić information content (AvgIpc) is 2.68. The van der Waals surface area contributed by atoms with E-state index in [0.717, 1.165) is 16.8 Å². The van der Waals surface area contributed by atoms with Crippen LogP contribution in [0.25, 0.3) is 0 Å². The van der Waals surface area contributed by atoms with E-state index in [9.17, 15) is 5.21 Å². The van der Waals surface area contributed by atoms with E-state index in [1.165, 1.54) is 5.56 Å². The lowest BCUT2D eigenvalue weighted by Gasteiger charge is -2.21. The summed E-state index contributed by atoms with van der Waals surface area (Å²) in [5.74, 6) is 0. The topological polar surface area (TPSA) is 44.6 Å². The summed E-state index contributed by atoms with van der Waals surface area (Å²) in [6, 6.07) is 25.7. The lowest BCUT2D eigenvalue weighted by Crippen LogP contribution is -2.16. The first-order chi connectivity index (χ1) is 12.7. The fraction of sp³-hybridized carbons (Fsp3) is 0.136. The van der Waals surface area contributed by atoms with Gasteiger partial charge in [-0.2, -0.15) is 0 Å². The summed E-state index contributed by atoms with van der Waals surface area (Å²) in [4.78, 5) is 0. The molecule has 0 aromatic heterocycles. The second-order valence-electron chi connectivity index (χ2n) is 6.23. The highest BCUT2D eigenvalue weighted by Crippen LogP contribution is 2.26. The number of rotatable bonds is 6. The van der Waals surface area contributed by atoms with Crippen LogP contribution in [0.5, 0.6) is 0 Å². The van der Waals surface area contributed by atoms with Crippen molar-refractivity contribution >= 4 is 23.0 Å². The third-order valence-electron chi connectivity index (χ3n) is 4.29. The monoisotopic (exact) mass is 364 g/mol. The second kappa shape index (κ2) is 8.54. The number of nitrogens with one attached hydrogen (secondary N) is 1. The average molecular weight is 365 g/mol. The standard InChI is InChI=1S/C22H21ClN2O/c1-16-7-9-18(10-8-16)22(25-26)15-21(17-5-3-2-4-6-17)24-20-13-11-19(23)12-14-20/h2-14,21,24,26H,15H2,1H3/b25-22-. The molecular formula is C22H21ClN2O. The van der Waals surface area contributed by atoms with Gasteiger partial charge in [0.25, 0.3) is 0 Å². The van der Waals surface area contributed by atoms with Crippen molar-refractivity contribution in [2.24, 2.45) is 5.16 Å². The van der Waals surface area contributed by atoms with Gasteiger partial charge in [0, 0.05) is 17.1 Å². The summed E-state index contributed by atoms with van der Waals surface area (Å²) in [6.45, 7) is 2.04. The van der Waals surface area contributed by atoms with Gasteiger partial charge in [0.2, 0.25) is 0 Å². The quantitative estimate of drug-likeness (QED) is 0.316. The largest absolute Gasteiger partial charge is 0.411 e. The summed E-state index contributed by atoms with van der Waals surface area (Å²) in [5.41, 5.74) is 4.81. The molecule has 1 unspecified atom stereocenters. The van der Waals surface area contributed by atoms with Gasteiger partial charge in [-0.15, -0.1) is 0 Å². The van der Waals surface area contributed by atoms with Crippen LogP contribution in [0.1, 0.15) is 29.2 Å². The molecule has 0 aliphatic heterocycles. The summed E-state index contributed by atoms with van der Waals surface area (Å²) < 4.78 is 0. The summed E-state index contributed by atoms with van der Waals surface area (Å²) in [6.07, 6.45) is 0.548. The van der Waals surface area contributed by atoms with Crippen LogP contribution in [0, 0.1) is 6.92 Å². The molecule has 4 heteroatoms. The minimum Gasteiger partial charge on any atom is -0.411 e. The van der Waals surface area contributed by atoms with Crippen LogP contribution in [0.15, 0.2) is 84.0 Å². The van der Waals surface area contributed by atoms with Gasteiger partial charge in [0.05, 0.1) is 11.8 Å². The minimum atomic E-state index is -0.0374. The number of aryl methyl sites for hydroxylation is 1. The molecule has 0 aliphatic carbocycles. The first-order valence-electron chi connectivity index (χ1n) is 8.51. The Kier molecular flexibility index (Phi) is 5.92. The zero-order chi connectivity index (χ0) is 18.4. The fourth-order valence-corrected chi connectivity index (χ4v) is 2.97. The molecule has 0 spiro atoms. The number of benzene rings is 3. The number of hydrogen-bond donors (Lipinski definition) is 2. The first-order valence-corrected chi connectivity index (χ1v) is 8.88. The molecule has 0 bridgehead atoms. The van der Waals surface area contributed by atoms with Gasteiger partial charge in [-0.3, -0.25) is 0 Å². The Balaban J connectivity index is 1.87. The molecule has 3 aromatic carbocycles. The van der Waals surface area contributed by atoms with Crippen LogP contribution in [0.3, 0.4) is 0 Å². The smallest absolute Gasteiger partial charge is 0.0891 e. The van der Waals surface area contributed by atoms with Gasteiger partial charge in [-0.25, -0.2) is 0 Å². The lowest BCUT2D eigenvalue weighted by molar-refractivity contribution is 0.317. The maximum Gasteiger partial charge on any atom is 0.0891 e. The zero-order valence-corrected chi connectivity index (χ0v) is 15.3. The van der Waals surface area contributed by atoms with Gasteiger partial charge in [0.1, 0.15) is 0 Å². The molecule has 3 nitrogen and oxygen atoms in total. The highest BCUT2D eigenvalue weighted by molar-refractivity contribution is 6.30. The van der Waals surface area contributed by atoms with Crippen molar-refractivity contribution in [3.8, 4) is 0 Å². The summed E-state index contributed by atoms with van der Waals surface area (Å²) >= 11 is 5.98. The zero-order valence-electron chi connectivity index (χ0n) is 14.6.